The van der Waals surface area contributed by atoms with E-state index in [2.05, 4.69) is 6.92 Å². The molecule has 0 saturated carbocycles. The van der Waals surface area contributed by atoms with E-state index in [4.69, 9.17) is 9.84 Å². The second-order valence-corrected chi connectivity index (χ2v) is 3.87. The van der Waals surface area contributed by atoms with Crippen molar-refractivity contribution in [1.82, 2.24) is 0 Å². The molecule has 1 atom stereocenters. The molecule has 0 bridgehead atoms. The first-order valence-corrected chi connectivity index (χ1v) is 6.00. The van der Waals surface area contributed by atoms with E-state index in [0.717, 1.165) is 13.7 Å². The summed E-state index contributed by atoms with van der Waals surface area (Å²) in [5.74, 6) is 0. The van der Waals surface area contributed by atoms with Gasteiger partial charge in [0, 0.05) is 7.11 Å². The monoisotopic (exact) mass is 202 g/mol. The minimum atomic E-state index is 0.653. The topological polar surface area (TPSA) is 32.8 Å². The molecule has 1 N–H and O–H groups in total. The molecule has 0 spiro atoms. The Morgan fingerprint density at radius 3 is 2.00 bits per heavy atom. The molecule has 0 aromatic rings. The third kappa shape index (κ3) is 10.0. The highest BCUT2D eigenvalue weighted by molar-refractivity contribution is 4.68. The smallest absolute Gasteiger partial charge is 0.0810 e. The van der Waals surface area contributed by atoms with Gasteiger partial charge in [0.25, 0.3) is 0 Å². The highest BCUT2D eigenvalue weighted by Crippen LogP contribution is 2.18. The van der Waals surface area contributed by atoms with Crippen LogP contribution in [0, 0.1) is 0 Å². The predicted molar refractivity (Wildman–Crippen MR) is 60.5 cm³/mol. The van der Waals surface area contributed by atoms with Gasteiger partial charge in [0.05, 0.1) is 12.7 Å². The van der Waals surface area contributed by atoms with E-state index in [9.17, 15) is 0 Å². The van der Waals surface area contributed by atoms with Crippen LogP contribution in [-0.2, 0) is 4.74 Å². The summed E-state index contributed by atoms with van der Waals surface area (Å²) < 4.78 is 5.15. The molecule has 1 rings (SSSR count). The third-order valence-corrected chi connectivity index (χ3v) is 2.53. The summed E-state index contributed by atoms with van der Waals surface area (Å²) in [6.07, 6.45) is 11.9. The molecule has 86 valence electrons. The van der Waals surface area contributed by atoms with E-state index >= 15 is 0 Å². The molecule has 0 aromatic carbocycles. The summed E-state index contributed by atoms with van der Waals surface area (Å²) in [6, 6.07) is 0. The van der Waals surface area contributed by atoms with Gasteiger partial charge < -0.3 is 9.84 Å². The average molecular weight is 202 g/mol. The Morgan fingerprint density at radius 1 is 1.00 bits per heavy atom. The summed E-state index contributed by atoms with van der Waals surface area (Å²) in [6.45, 7) is 3.31. The lowest BCUT2D eigenvalue weighted by Gasteiger charge is -1.98. The summed E-state index contributed by atoms with van der Waals surface area (Å²) in [5, 5.41) is 7.00. The first-order valence-electron chi connectivity index (χ1n) is 6.00. The van der Waals surface area contributed by atoms with Crippen molar-refractivity contribution in [3.8, 4) is 0 Å². The minimum absolute atomic E-state index is 0.653. The van der Waals surface area contributed by atoms with E-state index in [-0.39, 0.29) is 0 Å². The maximum atomic E-state index is 7.00. The largest absolute Gasteiger partial charge is 0.400 e. The van der Waals surface area contributed by atoms with Crippen molar-refractivity contribution in [2.45, 2.75) is 64.4 Å². The first kappa shape index (κ1) is 13.9. The Kier molecular flexibility index (Phi) is 10.9. The van der Waals surface area contributed by atoms with Crippen LogP contribution in [0.25, 0.3) is 0 Å². The summed E-state index contributed by atoms with van der Waals surface area (Å²) >= 11 is 0. The van der Waals surface area contributed by atoms with Crippen molar-refractivity contribution in [2.75, 3.05) is 13.7 Å². The molecule has 0 aromatic heterocycles. The quantitative estimate of drug-likeness (QED) is 0.484. The van der Waals surface area contributed by atoms with Gasteiger partial charge in [0.1, 0.15) is 0 Å². The van der Waals surface area contributed by atoms with Crippen molar-refractivity contribution in [1.29, 1.82) is 0 Å². The van der Waals surface area contributed by atoms with Crippen molar-refractivity contribution >= 4 is 0 Å². The van der Waals surface area contributed by atoms with Crippen LogP contribution in [0.5, 0.6) is 0 Å². The Bertz CT molecular complexity index is 100. The second kappa shape index (κ2) is 11.0. The number of hydrogen-bond acceptors (Lipinski definition) is 2. The number of aliphatic hydroxyl groups excluding tert-OH is 1. The molecule has 14 heavy (non-hydrogen) atoms. The molecule has 0 radical (unpaired) electrons. The van der Waals surface area contributed by atoms with E-state index in [1.165, 1.54) is 51.4 Å². The number of unbranched alkanes of at least 4 members (excludes halogenated alkanes) is 6. The SMILES string of the molecule is CCCCCCCCCC1CO1.CO. The molecule has 2 heteroatoms. The molecule has 1 aliphatic heterocycles. The third-order valence-electron chi connectivity index (χ3n) is 2.53. The number of aliphatic hydroxyl groups is 1. The zero-order valence-corrected chi connectivity index (χ0v) is 9.80. The number of rotatable bonds is 8. The summed E-state index contributed by atoms with van der Waals surface area (Å²) in [5.41, 5.74) is 0. The normalized spacial score (nSPS) is 18.6. The molecule has 1 heterocycles. The van der Waals surface area contributed by atoms with Crippen LogP contribution in [0.15, 0.2) is 0 Å². The molecule has 1 aliphatic rings. The number of epoxide rings is 1. The lowest BCUT2D eigenvalue weighted by atomic mass is 10.1. The van der Waals surface area contributed by atoms with Crippen LogP contribution in [-0.4, -0.2) is 24.9 Å². The molecule has 0 aliphatic carbocycles. The summed E-state index contributed by atoms with van der Waals surface area (Å²) in [4.78, 5) is 0. The zero-order valence-electron chi connectivity index (χ0n) is 9.80. The minimum Gasteiger partial charge on any atom is -0.400 e. The lowest BCUT2D eigenvalue weighted by molar-refractivity contribution is 0.387. The Hall–Kier alpha value is -0.0800. The van der Waals surface area contributed by atoms with E-state index in [1.807, 2.05) is 0 Å². The van der Waals surface area contributed by atoms with Crippen molar-refractivity contribution < 1.29 is 9.84 Å². The van der Waals surface area contributed by atoms with Gasteiger partial charge in [-0.15, -0.1) is 0 Å². The van der Waals surface area contributed by atoms with Crippen LogP contribution in [0.1, 0.15) is 58.3 Å². The Labute approximate surface area is 88.7 Å². The fourth-order valence-electron chi connectivity index (χ4n) is 1.56. The molecular formula is C12H26O2. The standard InChI is InChI=1S/C11H22O.CH4O/c1-2-3-4-5-6-7-8-9-11-10-12-11;1-2/h11H,2-10H2,1H3;2H,1H3. The highest BCUT2D eigenvalue weighted by atomic mass is 16.6. The Balaban J connectivity index is 0.000000791. The Morgan fingerprint density at radius 2 is 1.50 bits per heavy atom. The number of ether oxygens (including phenoxy) is 1. The molecule has 2 nitrogen and oxygen atoms in total. The molecule has 1 saturated heterocycles. The van der Waals surface area contributed by atoms with Crippen LogP contribution in [0.3, 0.4) is 0 Å². The number of hydrogen-bond donors (Lipinski definition) is 1. The fraction of sp³-hybridized carbons (Fsp3) is 1.00. The van der Waals surface area contributed by atoms with E-state index in [0.29, 0.717) is 6.10 Å². The van der Waals surface area contributed by atoms with Gasteiger partial charge in [-0.3, -0.25) is 0 Å². The van der Waals surface area contributed by atoms with Crippen molar-refractivity contribution in [2.24, 2.45) is 0 Å². The van der Waals surface area contributed by atoms with Gasteiger partial charge in [-0.25, -0.2) is 0 Å². The average Bonchev–Trinajstić information content (AvgIpc) is 3.04. The molecule has 1 fully saturated rings. The van der Waals surface area contributed by atoms with Crippen LogP contribution in [0.2, 0.25) is 0 Å². The van der Waals surface area contributed by atoms with Gasteiger partial charge in [0.2, 0.25) is 0 Å². The predicted octanol–water partition coefficient (Wildman–Crippen LogP) is 3.13. The van der Waals surface area contributed by atoms with Crippen molar-refractivity contribution in [3.63, 3.8) is 0 Å². The van der Waals surface area contributed by atoms with E-state index in [1.54, 1.807) is 0 Å². The van der Waals surface area contributed by atoms with Gasteiger partial charge in [0.15, 0.2) is 0 Å². The van der Waals surface area contributed by atoms with Crippen molar-refractivity contribution in [3.05, 3.63) is 0 Å². The molecule has 0 amide bonds. The zero-order chi connectivity index (χ0) is 10.6. The van der Waals surface area contributed by atoms with Gasteiger partial charge >= 0.3 is 0 Å². The van der Waals surface area contributed by atoms with Crippen LogP contribution >= 0.6 is 0 Å². The first-order chi connectivity index (χ1) is 6.93. The van der Waals surface area contributed by atoms with Crippen LogP contribution in [0.4, 0.5) is 0 Å². The highest BCUT2D eigenvalue weighted by Gasteiger charge is 2.20. The summed E-state index contributed by atoms with van der Waals surface area (Å²) in [7, 11) is 1.00. The van der Waals surface area contributed by atoms with Crippen LogP contribution < -0.4 is 0 Å². The second-order valence-electron chi connectivity index (χ2n) is 3.87. The van der Waals surface area contributed by atoms with Gasteiger partial charge in [-0.1, -0.05) is 51.9 Å². The fourth-order valence-corrected chi connectivity index (χ4v) is 1.56. The van der Waals surface area contributed by atoms with Gasteiger partial charge in [-0.2, -0.15) is 0 Å². The molecular weight excluding hydrogens is 176 g/mol. The molecule has 1 unspecified atom stereocenters. The maximum Gasteiger partial charge on any atom is 0.0810 e. The maximum absolute atomic E-state index is 7.00. The lowest BCUT2D eigenvalue weighted by Crippen LogP contribution is -1.85. The van der Waals surface area contributed by atoms with E-state index < -0.39 is 0 Å². The van der Waals surface area contributed by atoms with Gasteiger partial charge in [-0.05, 0) is 6.42 Å².